The Balaban J connectivity index is 1.70. The SMILES string of the molecule is COC(=O)Cc1csc(N/N=C\c2cccc(OC)c2OCc2cccc(C)c2)n1. The average Bonchev–Trinajstić information content (AvgIpc) is 3.19. The quantitative estimate of drug-likeness (QED) is 0.314. The molecule has 0 aliphatic heterocycles. The third kappa shape index (κ3) is 5.81. The first-order valence-electron chi connectivity index (χ1n) is 9.24. The molecule has 0 radical (unpaired) electrons. The van der Waals surface area contributed by atoms with Crippen molar-refractivity contribution in [2.24, 2.45) is 5.10 Å². The summed E-state index contributed by atoms with van der Waals surface area (Å²) < 4.78 is 16.2. The van der Waals surface area contributed by atoms with Gasteiger partial charge in [-0.15, -0.1) is 11.3 Å². The minimum Gasteiger partial charge on any atom is -0.493 e. The van der Waals surface area contributed by atoms with E-state index in [1.165, 1.54) is 24.0 Å². The van der Waals surface area contributed by atoms with Gasteiger partial charge in [0.1, 0.15) is 6.61 Å². The van der Waals surface area contributed by atoms with Crippen LogP contribution < -0.4 is 14.9 Å². The highest BCUT2D eigenvalue weighted by molar-refractivity contribution is 7.13. The number of ether oxygens (including phenoxy) is 3. The Kier molecular flexibility index (Phi) is 7.40. The summed E-state index contributed by atoms with van der Waals surface area (Å²) in [6.45, 7) is 2.46. The maximum Gasteiger partial charge on any atom is 0.311 e. The van der Waals surface area contributed by atoms with E-state index in [0.717, 1.165) is 11.1 Å². The molecule has 1 N–H and O–H groups in total. The summed E-state index contributed by atoms with van der Waals surface area (Å²) >= 11 is 1.36. The number of carbonyl (C=O) groups excluding carboxylic acids is 1. The standard InChI is InChI=1S/C22H23N3O4S/c1-15-6-4-7-16(10-15)13-29-21-17(8-5-9-19(21)27-2)12-23-25-22-24-18(14-30-22)11-20(26)28-3/h4-10,12,14H,11,13H2,1-3H3,(H,24,25)/b23-12-. The number of anilines is 1. The highest BCUT2D eigenvalue weighted by Gasteiger charge is 2.10. The zero-order chi connectivity index (χ0) is 21.3. The molecule has 0 spiro atoms. The third-order valence-corrected chi connectivity index (χ3v) is 4.96. The number of methoxy groups -OCH3 is 2. The van der Waals surface area contributed by atoms with Crippen LogP contribution in [0.4, 0.5) is 5.13 Å². The van der Waals surface area contributed by atoms with Crippen molar-refractivity contribution in [3.8, 4) is 11.5 Å². The highest BCUT2D eigenvalue weighted by Crippen LogP contribution is 2.31. The van der Waals surface area contributed by atoms with Crippen LogP contribution in [0.3, 0.4) is 0 Å². The molecule has 0 bridgehead atoms. The number of para-hydroxylation sites is 1. The van der Waals surface area contributed by atoms with Crippen molar-refractivity contribution in [1.29, 1.82) is 0 Å². The Labute approximate surface area is 179 Å². The Morgan fingerprint density at radius 2 is 2.07 bits per heavy atom. The molecule has 156 valence electrons. The van der Waals surface area contributed by atoms with Gasteiger partial charge in [0.2, 0.25) is 5.13 Å². The number of esters is 1. The van der Waals surface area contributed by atoms with Crippen molar-refractivity contribution in [3.63, 3.8) is 0 Å². The molecule has 7 nitrogen and oxygen atoms in total. The lowest BCUT2D eigenvalue weighted by Gasteiger charge is -2.13. The van der Waals surface area contributed by atoms with Gasteiger partial charge < -0.3 is 14.2 Å². The Morgan fingerprint density at radius 1 is 1.23 bits per heavy atom. The molecule has 30 heavy (non-hydrogen) atoms. The molecule has 0 saturated carbocycles. The molecular weight excluding hydrogens is 402 g/mol. The molecule has 2 aromatic carbocycles. The fraction of sp³-hybridized carbons (Fsp3) is 0.227. The van der Waals surface area contributed by atoms with E-state index in [1.54, 1.807) is 18.7 Å². The monoisotopic (exact) mass is 425 g/mol. The fourth-order valence-electron chi connectivity index (χ4n) is 2.72. The van der Waals surface area contributed by atoms with Gasteiger partial charge >= 0.3 is 5.97 Å². The zero-order valence-corrected chi connectivity index (χ0v) is 17.9. The number of benzene rings is 2. The maximum atomic E-state index is 11.3. The lowest BCUT2D eigenvalue weighted by atomic mass is 10.1. The van der Waals surface area contributed by atoms with E-state index < -0.39 is 0 Å². The van der Waals surface area contributed by atoms with E-state index in [-0.39, 0.29) is 12.4 Å². The van der Waals surface area contributed by atoms with Gasteiger partial charge in [-0.25, -0.2) is 4.98 Å². The number of hydrogen-bond donors (Lipinski definition) is 1. The Hall–Kier alpha value is -3.39. The lowest BCUT2D eigenvalue weighted by Crippen LogP contribution is -2.04. The van der Waals surface area contributed by atoms with E-state index in [1.807, 2.05) is 43.3 Å². The highest BCUT2D eigenvalue weighted by atomic mass is 32.1. The third-order valence-electron chi connectivity index (χ3n) is 4.16. The summed E-state index contributed by atoms with van der Waals surface area (Å²) in [5.74, 6) is 0.904. The number of carbonyl (C=O) groups is 1. The van der Waals surface area contributed by atoms with Crippen LogP contribution in [-0.4, -0.2) is 31.4 Å². The molecule has 3 rings (SSSR count). The summed E-state index contributed by atoms with van der Waals surface area (Å²) in [5.41, 5.74) is 6.53. The Bertz CT molecular complexity index is 1030. The van der Waals surface area contributed by atoms with Gasteiger partial charge in [-0.05, 0) is 24.6 Å². The van der Waals surface area contributed by atoms with Gasteiger partial charge in [-0.2, -0.15) is 5.10 Å². The van der Waals surface area contributed by atoms with Crippen LogP contribution in [0.2, 0.25) is 0 Å². The predicted molar refractivity (Wildman–Crippen MR) is 118 cm³/mol. The van der Waals surface area contributed by atoms with Gasteiger partial charge in [0.05, 0.1) is 32.5 Å². The first-order chi connectivity index (χ1) is 14.6. The van der Waals surface area contributed by atoms with Gasteiger partial charge in [-0.3, -0.25) is 10.2 Å². The van der Waals surface area contributed by atoms with Crippen molar-refractivity contribution < 1.29 is 19.0 Å². The zero-order valence-electron chi connectivity index (χ0n) is 17.0. The number of aryl methyl sites for hydroxylation is 1. The predicted octanol–water partition coefficient (Wildman–Crippen LogP) is 4.20. The van der Waals surface area contributed by atoms with Crippen LogP contribution in [0, 0.1) is 6.92 Å². The van der Waals surface area contributed by atoms with Crippen LogP contribution >= 0.6 is 11.3 Å². The van der Waals surface area contributed by atoms with Crippen LogP contribution in [0.5, 0.6) is 11.5 Å². The topological polar surface area (TPSA) is 82.0 Å². The van der Waals surface area contributed by atoms with Gasteiger partial charge in [0, 0.05) is 10.9 Å². The van der Waals surface area contributed by atoms with Crippen molar-refractivity contribution in [1.82, 2.24) is 4.98 Å². The summed E-state index contributed by atoms with van der Waals surface area (Å²) in [6, 6.07) is 13.8. The number of rotatable bonds is 9. The molecule has 0 unspecified atom stereocenters. The lowest BCUT2D eigenvalue weighted by molar-refractivity contribution is -0.139. The summed E-state index contributed by atoms with van der Waals surface area (Å²) in [7, 11) is 2.96. The van der Waals surface area contributed by atoms with Gasteiger partial charge in [-0.1, -0.05) is 35.9 Å². The molecule has 0 aliphatic rings. The molecule has 0 fully saturated rings. The van der Waals surface area contributed by atoms with E-state index in [2.05, 4.69) is 26.3 Å². The number of aromatic nitrogens is 1. The molecule has 1 aromatic heterocycles. The number of hydrogen-bond acceptors (Lipinski definition) is 8. The number of nitrogens with one attached hydrogen (secondary N) is 1. The minimum atomic E-state index is -0.331. The van der Waals surface area contributed by atoms with E-state index >= 15 is 0 Å². The average molecular weight is 426 g/mol. The molecular formula is C22H23N3O4S. The van der Waals surface area contributed by atoms with Crippen LogP contribution in [0.25, 0.3) is 0 Å². The molecule has 0 atom stereocenters. The first kappa shape index (κ1) is 21.3. The second-order valence-electron chi connectivity index (χ2n) is 6.42. The van der Waals surface area contributed by atoms with E-state index in [4.69, 9.17) is 9.47 Å². The summed E-state index contributed by atoms with van der Waals surface area (Å²) in [6.07, 6.45) is 1.78. The van der Waals surface area contributed by atoms with Crippen LogP contribution in [-0.2, 0) is 22.6 Å². The van der Waals surface area contributed by atoms with Crippen molar-refractivity contribution in [2.75, 3.05) is 19.6 Å². The summed E-state index contributed by atoms with van der Waals surface area (Å²) in [4.78, 5) is 15.6. The maximum absolute atomic E-state index is 11.3. The molecule has 3 aromatic rings. The second-order valence-corrected chi connectivity index (χ2v) is 7.28. The van der Waals surface area contributed by atoms with Crippen molar-refractivity contribution in [2.45, 2.75) is 20.0 Å². The van der Waals surface area contributed by atoms with E-state index in [9.17, 15) is 4.79 Å². The second kappa shape index (κ2) is 10.4. The minimum absolute atomic E-state index is 0.130. The van der Waals surface area contributed by atoms with Gasteiger partial charge in [0.25, 0.3) is 0 Å². The molecule has 0 amide bonds. The normalized spacial score (nSPS) is 10.8. The van der Waals surface area contributed by atoms with Crippen molar-refractivity contribution >= 4 is 28.7 Å². The summed E-state index contributed by atoms with van der Waals surface area (Å²) in [5, 5.41) is 6.62. The van der Waals surface area contributed by atoms with E-state index in [0.29, 0.717) is 28.9 Å². The Morgan fingerprint density at radius 3 is 2.83 bits per heavy atom. The number of hydrazone groups is 1. The smallest absolute Gasteiger partial charge is 0.311 e. The van der Waals surface area contributed by atoms with Crippen LogP contribution in [0.15, 0.2) is 52.9 Å². The van der Waals surface area contributed by atoms with Crippen molar-refractivity contribution in [3.05, 3.63) is 70.2 Å². The van der Waals surface area contributed by atoms with Crippen LogP contribution in [0.1, 0.15) is 22.4 Å². The van der Waals surface area contributed by atoms with Gasteiger partial charge in [0.15, 0.2) is 11.5 Å². The number of nitrogens with zero attached hydrogens (tertiary/aromatic N) is 2. The molecule has 0 aliphatic carbocycles. The fourth-order valence-corrected chi connectivity index (χ4v) is 3.38. The molecule has 8 heteroatoms. The first-order valence-corrected chi connectivity index (χ1v) is 10.1. The molecule has 0 saturated heterocycles. The number of thiazole rings is 1. The molecule has 1 heterocycles. The largest absolute Gasteiger partial charge is 0.493 e.